The average Bonchev–Trinajstić information content (AvgIpc) is 2.37. The molecule has 0 saturated carbocycles. The number of fused-ring (bicyclic) bond motifs is 1. The molecule has 110 valence electrons. The first kappa shape index (κ1) is 15.1. The minimum Gasteiger partial charge on any atom is -0.457 e. The van der Waals surface area contributed by atoms with Gasteiger partial charge in [0.1, 0.15) is 6.10 Å². The van der Waals surface area contributed by atoms with E-state index in [0.717, 1.165) is 19.3 Å². The van der Waals surface area contributed by atoms with Gasteiger partial charge in [-0.05, 0) is 49.7 Å². The number of hydrogen-bond acceptors (Lipinski definition) is 2. The molecule has 0 aliphatic heterocycles. The minimum atomic E-state index is -0.487. The van der Waals surface area contributed by atoms with Crippen molar-refractivity contribution >= 4 is 5.97 Å². The molecule has 1 aromatic carbocycles. The average molecular weight is 274 g/mol. The van der Waals surface area contributed by atoms with Crippen molar-refractivity contribution < 1.29 is 9.53 Å². The van der Waals surface area contributed by atoms with Crippen molar-refractivity contribution in [1.82, 2.24) is 0 Å². The maximum absolute atomic E-state index is 12.6. The lowest BCUT2D eigenvalue weighted by Crippen LogP contribution is -2.39. The zero-order valence-electron chi connectivity index (χ0n) is 13.3. The largest absolute Gasteiger partial charge is 0.457 e. The van der Waals surface area contributed by atoms with Crippen LogP contribution >= 0.6 is 0 Å². The van der Waals surface area contributed by atoms with Crippen molar-refractivity contribution in [3.63, 3.8) is 0 Å². The molecule has 1 aromatic rings. The summed E-state index contributed by atoms with van der Waals surface area (Å²) in [6.45, 7) is 10.2. The highest BCUT2D eigenvalue weighted by Gasteiger charge is 2.42. The molecule has 0 amide bonds. The Morgan fingerprint density at radius 1 is 1.15 bits per heavy atom. The summed E-state index contributed by atoms with van der Waals surface area (Å²) in [6.07, 6.45) is 3.04. The molecule has 0 saturated heterocycles. The highest BCUT2D eigenvalue weighted by Crippen LogP contribution is 2.41. The van der Waals surface area contributed by atoms with Crippen LogP contribution in [-0.4, -0.2) is 5.97 Å². The van der Waals surface area contributed by atoms with E-state index in [1.807, 2.05) is 19.9 Å². The third-order valence-electron chi connectivity index (χ3n) is 4.95. The van der Waals surface area contributed by atoms with Crippen LogP contribution in [0.3, 0.4) is 0 Å². The third-order valence-corrected chi connectivity index (χ3v) is 4.95. The van der Waals surface area contributed by atoms with Crippen molar-refractivity contribution in [3.05, 3.63) is 35.4 Å². The third kappa shape index (κ3) is 2.74. The quantitative estimate of drug-likeness (QED) is 0.732. The zero-order valence-corrected chi connectivity index (χ0v) is 13.3. The van der Waals surface area contributed by atoms with Crippen molar-refractivity contribution in [3.8, 4) is 0 Å². The van der Waals surface area contributed by atoms with Crippen LogP contribution in [0.15, 0.2) is 24.3 Å². The second kappa shape index (κ2) is 5.23. The summed E-state index contributed by atoms with van der Waals surface area (Å²) >= 11 is 0. The first-order valence-electron chi connectivity index (χ1n) is 7.52. The SMILES string of the molecule is CC(C)(C)C(C)(C)C(=O)OC1CCCc2ccccc21. The van der Waals surface area contributed by atoms with Gasteiger partial charge in [-0.3, -0.25) is 4.79 Å². The molecule has 1 aliphatic carbocycles. The predicted molar refractivity (Wildman–Crippen MR) is 81.4 cm³/mol. The number of ether oxygens (including phenoxy) is 1. The van der Waals surface area contributed by atoms with Gasteiger partial charge in [-0.15, -0.1) is 0 Å². The van der Waals surface area contributed by atoms with E-state index in [1.54, 1.807) is 0 Å². The molecule has 0 spiro atoms. The van der Waals surface area contributed by atoms with Gasteiger partial charge in [0.15, 0.2) is 0 Å². The summed E-state index contributed by atoms with van der Waals surface area (Å²) in [4.78, 5) is 12.6. The first-order chi connectivity index (χ1) is 9.23. The van der Waals surface area contributed by atoms with Crippen LogP contribution in [0.4, 0.5) is 0 Å². The van der Waals surface area contributed by atoms with Crippen LogP contribution in [0.5, 0.6) is 0 Å². The van der Waals surface area contributed by atoms with Crippen LogP contribution in [0.25, 0.3) is 0 Å². The Kier molecular flexibility index (Phi) is 3.95. The molecule has 2 heteroatoms. The molecule has 1 aliphatic rings. The van der Waals surface area contributed by atoms with E-state index in [1.165, 1.54) is 11.1 Å². The number of rotatable bonds is 2. The van der Waals surface area contributed by atoms with E-state index in [0.29, 0.717) is 0 Å². The number of carbonyl (C=O) groups excluding carboxylic acids is 1. The molecular weight excluding hydrogens is 248 g/mol. The van der Waals surface area contributed by atoms with Crippen LogP contribution in [0.1, 0.15) is 64.7 Å². The van der Waals surface area contributed by atoms with E-state index < -0.39 is 5.41 Å². The first-order valence-corrected chi connectivity index (χ1v) is 7.52. The van der Waals surface area contributed by atoms with Gasteiger partial charge < -0.3 is 4.74 Å². The van der Waals surface area contributed by atoms with Crippen molar-refractivity contribution in [2.45, 2.75) is 60.0 Å². The molecule has 2 nitrogen and oxygen atoms in total. The van der Waals surface area contributed by atoms with Gasteiger partial charge in [0.2, 0.25) is 0 Å². The molecule has 0 N–H and O–H groups in total. The van der Waals surface area contributed by atoms with Crippen molar-refractivity contribution in [1.29, 1.82) is 0 Å². The van der Waals surface area contributed by atoms with E-state index in [-0.39, 0.29) is 17.5 Å². The van der Waals surface area contributed by atoms with Gasteiger partial charge in [-0.25, -0.2) is 0 Å². The van der Waals surface area contributed by atoms with Gasteiger partial charge in [0.05, 0.1) is 5.41 Å². The fraction of sp³-hybridized carbons (Fsp3) is 0.611. The molecule has 0 heterocycles. The maximum atomic E-state index is 12.6. The van der Waals surface area contributed by atoms with Gasteiger partial charge in [-0.2, -0.15) is 0 Å². The Bertz CT molecular complexity index is 494. The monoisotopic (exact) mass is 274 g/mol. The Morgan fingerprint density at radius 3 is 2.45 bits per heavy atom. The molecule has 1 atom stereocenters. The number of carbonyl (C=O) groups is 1. The number of esters is 1. The second-order valence-electron chi connectivity index (χ2n) is 7.36. The Morgan fingerprint density at radius 2 is 1.80 bits per heavy atom. The van der Waals surface area contributed by atoms with E-state index in [9.17, 15) is 4.79 Å². The second-order valence-corrected chi connectivity index (χ2v) is 7.36. The van der Waals surface area contributed by atoms with Crippen molar-refractivity contribution in [2.24, 2.45) is 10.8 Å². The lowest BCUT2D eigenvalue weighted by atomic mass is 9.69. The van der Waals surface area contributed by atoms with Gasteiger partial charge in [0, 0.05) is 0 Å². The standard InChI is InChI=1S/C18H26O2/c1-17(2,3)18(4,5)16(19)20-15-12-8-10-13-9-6-7-11-14(13)15/h6-7,9,11,15H,8,10,12H2,1-5H3. The topological polar surface area (TPSA) is 26.3 Å². The molecule has 2 rings (SSSR count). The Balaban J connectivity index is 2.18. The summed E-state index contributed by atoms with van der Waals surface area (Å²) in [6, 6.07) is 8.32. The summed E-state index contributed by atoms with van der Waals surface area (Å²) < 4.78 is 5.87. The highest BCUT2D eigenvalue weighted by molar-refractivity contribution is 5.77. The van der Waals surface area contributed by atoms with E-state index >= 15 is 0 Å². The normalized spacial score (nSPS) is 19.4. The fourth-order valence-corrected chi connectivity index (χ4v) is 2.41. The molecule has 0 bridgehead atoms. The number of benzene rings is 1. The van der Waals surface area contributed by atoms with E-state index in [2.05, 4.69) is 39.0 Å². The van der Waals surface area contributed by atoms with Gasteiger partial charge >= 0.3 is 5.97 Å². The zero-order chi connectivity index (χ0) is 15.0. The molecule has 0 fully saturated rings. The predicted octanol–water partition coefficient (Wildman–Crippen LogP) is 4.68. The molecular formula is C18H26O2. The van der Waals surface area contributed by atoms with E-state index in [4.69, 9.17) is 4.74 Å². The summed E-state index contributed by atoms with van der Waals surface area (Å²) in [5.41, 5.74) is 1.92. The smallest absolute Gasteiger partial charge is 0.312 e. The van der Waals surface area contributed by atoms with Crippen LogP contribution in [-0.2, 0) is 16.0 Å². The van der Waals surface area contributed by atoms with Crippen molar-refractivity contribution in [2.75, 3.05) is 0 Å². The fourth-order valence-electron chi connectivity index (χ4n) is 2.41. The molecule has 20 heavy (non-hydrogen) atoms. The molecule has 1 unspecified atom stereocenters. The number of aryl methyl sites for hydroxylation is 1. The highest BCUT2D eigenvalue weighted by atomic mass is 16.5. The maximum Gasteiger partial charge on any atom is 0.312 e. The van der Waals surface area contributed by atoms with Gasteiger partial charge in [-0.1, -0.05) is 45.0 Å². The molecule has 0 radical (unpaired) electrons. The summed E-state index contributed by atoms with van der Waals surface area (Å²) in [5, 5.41) is 0. The lowest BCUT2D eigenvalue weighted by molar-refractivity contribution is -0.167. The summed E-state index contributed by atoms with van der Waals surface area (Å²) in [5.74, 6) is -0.0910. The van der Waals surface area contributed by atoms with Crippen LogP contribution in [0.2, 0.25) is 0 Å². The summed E-state index contributed by atoms with van der Waals surface area (Å²) in [7, 11) is 0. The lowest BCUT2D eigenvalue weighted by Gasteiger charge is -2.38. The van der Waals surface area contributed by atoms with Crippen LogP contribution < -0.4 is 0 Å². The minimum absolute atomic E-state index is 0.0749. The Labute approximate surface area is 122 Å². The van der Waals surface area contributed by atoms with Crippen LogP contribution in [0, 0.1) is 10.8 Å². The van der Waals surface area contributed by atoms with Gasteiger partial charge in [0.25, 0.3) is 0 Å². The number of hydrogen-bond donors (Lipinski definition) is 0. The molecule has 0 aromatic heterocycles. The Hall–Kier alpha value is -1.31.